The SMILES string of the molecule is CN(C)B1[B]N(c2ccc(-c3ccc(C(C)(C)C)cc3)cc2)[C](=[Pt])N1c1ccc(-c2ccc(C(C)(C)C)cc2)cc1. The monoisotopic (exact) mass is 719 g/mol. The molecule has 1 radical (unpaired) electrons. The molecule has 0 bridgehead atoms. The zero-order valence-corrected chi connectivity index (χ0v) is 27.8. The summed E-state index contributed by atoms with van der Waals surface area (Å²) in [6.45, 7) is 13.7. The second-order valence-electron chi connectivity index (χ2n) is 13.3. The fourth-order valence-electron chi connectivity index (χ4n) is 5.23. The zero-order chi connectivity index (χ0) is 29.5. The van der Waals surface area contributed by atoms with Gasteiger partial charge in [-0.15, -0.1) is 0 Å². The van der Waals surface area contributed by atoms with Crippen molar-refractivity contribution < 1.29 is 19.4 Å². The van der Waals surface area contributed by atoms with Crippen molar-refractivity contribution in [3.63, 3.8) is 0 Å². The molecule has 1 aliphatic rings. The van der Waals surface area contributed by atoms with E-state index in [2.05, 4.69) is 194 Å². The van der Waals surface area contributed by atoms with E-state index >= 15 is 0 Å². The molecular formula is C35H40B2N3Pt. The van der Waals surface area contributed by atoms with Crippen LogP contribution in [0.15, 0.2) is 97.1 Å². The summed E-state index contributed by atoms with van der Waals surface area (Å²) < 4.78 is 1.16. The molecule has 3 nitrogen and oxygen atoms in total. The Kier molecular flexibility index (Phi) is 8.25. The van der Waals surface area contributed by atoms with Gasteiger partial charge in [-0.05, 0) is 0 Å². The van der Waals surface area contributed by atoms with Gasteiger partial charge < -0.3 is 0 Å². The Bertz CT molecular complexity index is 1500. The molecule has 0 aliphatic carbocycles. The Hall–Kier alpha value is -2.87. The molecule has 6 heteroatoms. The van der Waals surface area contributed by atoms with E-state index in [-0.39, 0.29) is 17.7 Å². The van der Waals surface area contributed by atoms with E-state index in [1.54, 1.807) is 0 Å². The molecule has 0 spiro atoms. The van der Waals surface area contributed by atoms with Crippen molar-refractivity contribution in [3.8, 4) is 22.3 Å². The molecule has 0 unspecified atom stereocenters. The number of rotatable bonds is 5. The van der Waals surface area contributed by atoms with Crippen molar-refractivity contribution in [1.82, 2.24) is 4.81 Å². The van der Waals surface area contributed by atoms with Gasteiger partial charge in [0.15, 0.2) is 0 Å². The van der Waals surface area contributed by atoms with E-state index in [1.807, 2.05) is 0 Å². The van der Waals surface area contributed by atoms with Gasteiger partial charge >= 0.3 is 260 Å². The molecule has 0 saturated carbocycles. The summed E-state index contributed by atoms with van der Waals surface area (Å²) in [5, 5.41) is 0. The van der Waals surface area contributed by atoms with E-state index in [4.69, 9.17) is 0 Å². The first kappa shape index (κ1) is 29.6. The first-order valence-corrected chi connectivity index (χ1v) is 15.5. The van der Waals surface area contributed by atoms with Crippen LogP contribution < -0.4 is 9.62 Å². The molecule has 0 atom stereocenters. The third-order valence-corrected chi connectivity index (χ3v) is 9.00. The minimum atomic E-state index is 0.115. The fourth-order valence-corrected chi connectivity index (χ4v) is 6.29. The Morgan fingerprint density at radius 2 is 0.902 bits per heavy atom. The molecule has 5 rings (SSSR count). The summed E-state index contributed by atoms with van der Waals surface area (Å²) >= 11 is 2.46. The van der Waals surface area contributed by atoms with Crippen LogP contribution in [0, 0.1) is 0 Å². The predicted molar refractivity (Wildman–Crippen MR) is 176 cm³/mol. The molecule has 1 fully saturated rings. The van der Waals surface area contributed by atoms with Gasteiger partial charge in [0.25, 0.3) is 0 Å². The van der Waals surface area contributed by atoms with Crippen molar-refractivity contribution in [2.24, 2.45) is 0 Å². The molecule has 211 valence electrons. The van der Waals surface area contributed by atoms with E-state index in [0.29, 0.717) is 0 Å². The van der Waals surface area contributed by atoms with Crippen LogP contribution >= 0.6 is 0 Å². The zero-order valence-electron chi connectivity index (χ0n) is 25.6. The summed E-state index contributed by atoms with van der Waals surface area (Å²) in [7, 11) is 6.57. The summed E-state index contributed by atoms with van der Waals surface area (Å²) in [5.41, 5.74) is 10.3. The molecule has 41 heavy (non-hydrogen) atoms. The van der Waals surface area contributed by atoms with Crippen LogP contribution in [0.1, 0.15) is 52.7 Å². The van der Waals surface area contributed by atoms with Crippen LogP contribution in [-0.2, 0) is 30.2 Å². The van der Waals surface area contributed by atoms with Crippen LogP contribution in [0.3, 0.4) is 0 Å². The third kappa shape index (κ3) is 6.32. The summed E-state index contributed by atoms with van der Waals surface area (Å²) in [6.07, 6.45) is 0. The second kappa shape index (κ2) is 11.4. The van der Waals surface area contributed by atoms with Crippen LogP contribution in [0.5, 0.6) is 0 Å². The second-order valence-corrected chi connectivity index (χ2v) is 14.3. The minimum absolute atomic E-state index is 0.115. The average molecular weight is 719 g/mol. The Morgan fingerprint density at radius 1 is 0.561 bits per heavy atom. The van der Waals surface area contributed by atoms with Gasteiger partial charge in [0, 0.05) is 0 Å². The molecule has 1 saturated heterocycles. The fraction of sp³-hybridized carbons (Fsp3) is 0.286. The topological polar surface area (TPSA) is 9.72 Å². The van der Waals surface area contributed by atoms with Gasteiger partial charge in [-0.1, -0.05) is 0 Å². The first-order valence-electron chi connectivity index (χ1n) is 14.3. The average Bonchev–Trinajstić information content (AvgIpc) is 3.30. The molecule has 4 aromatic rings. The van der Waals surface area contributed by atoms with Gasteiger partial charge in [-0.3, -0.25) is 0 Å². The molecule has 1 aliphatic heterocycles. The molecular weight excluding hydrogens is 679 g/mol. The Labute approximate surface area is 259 Å². The van der Waals surface area contributed by atoms with Crippen molar-refractivity contribution in [3.05, 3.63) is 108 Å². The summed E-state index contributed by atoms with van der Waals surface area (Å²) in [4.78, 5) is 6.95. The van der Waals surface area contributed by atoms with Crippen molar-refractivity contribution in [2.75, 3.05) is 23.7 Å². The van der Waals surface area contributed by atoms with E-state index < -0.39 is 0 Å². The van der Waals surface area contributed by atoms with Crippen LogP contribution in [0.4, 0.5) is 11.4 Å². The van der Waals surface area contributed by atoms with Crippen molar-refractivity contribution >= 4 is 29.7 Å². The molecule has 0 amide bonds. The third-order valence-electron chi connectivity index (χ3n) is 7.90. The number of benzene rings is 4. The Morgan fingerprint density at radius 3 is 1.24 bits per heavy atom. The maximum atomic E-state index is 2.46. The normalized spacial score (nSPS) is 14.2. The molecule has 0 aromatic heterocycles. The number of anilines is 2. The number of hydrogen-bond donors (Lipinski definition) is 0. The predicted octanol–water partition coefficient (Wildman–Crippen LogP) is 7.74. The van der Waals surface area contributed by atoms with Crippen molar-refractivity contribution in [2.45, 2.75) is 52.4 Å². The van der Waals surface area contributed by atoms with E-state index in [9.17, 15) is 0 Å². The number of hydrogen-bond acceptors (Lipinski definition) is 3. The molecule has 1 heterocycles. The van der Waals surface area contributed by atoms with E-state index in [1.165, 1.54) is 39.1 Å². The Balaban J connectivity index is 1.35. The summed E-state index contributed by atoms with van der Waals surface area (Å²) in [6, 6.07) is 35.8. The van der Waals surface area contributed by atoms with Gasteiger partial charge in [-0.2, -0.15) is 0 Å². The van der Waals surface area contributed by atoms with Crippen LogP contribution in [0.25, 0.3) is 22.3 Å². The van der Waals surface area contributed by atoms with Crippen LogP contribution in [-0.4, -0.2) is 37.2 Å². The van der Waals surface area contributed by atoms with Crippen LogP contribution in [0.2, 0.25) is 0 Å². The van der Waals surface area contributed by atoms with Gasteiger partial charge in [0.2, 0.25) is 0 Å². The standard InChI is InChI=1S/C35H40B2N3.Pt/c1-34(2,3)30-17-9-26(10-18-30)28-13-21-32(22-14-28)39-25-40(37(36-39)38(7)8)33-23-15-29(16-24-33)27-11-19-31(20-12-27)35(4,5)6;/h9-24H,1-8H3;. The van der Waals surface area contributed by atoms with Crippen molar-refractivity contribution in [1.29, 1.82) is 0 Å². The molecule has 0 N–H and O–H groups in total. The summed E-state index contributed by atoms with van der Waals surface area (Å²) in [5.74, 6) is 0. The quantitative estimate of drug-likeness (QED) is 0.196. The van der Waals surface area contributed by atoms with Gasteiger partial charge in [0.05, 0.1) is 0 Å². The maximum absolute atomic E-state index is 2.46. The van der Waals surface area contributed by atoms with E-state index in [0.717, 1.165) is 9.83 Å². The number of nitrogens with zero attached hydrogens (tertiary/aromatic N) is 3. The van der Waals surface area contributed by atoms with Gasteiger partial charge in [-0.25, -0.2) is 0 Å². The first-order chi connectivity index (χ1) is 19.3. The molecule has 4 aromatic carbocycles. The van der Waals surface area contributed by atoms with Gasteiger partial charge in [0.1, 0.15) is 0 Å².